The van der Waals surface area contributed by atoms with E-state index in [0.29, 0.717) is 17.4 Å². The van der Waals surface area contributed by atoms with Crippen molar-refractivity contribution in [3.8, 4) is 0 Å². The van der Waals surface area contributed by atoms with Crippen molar-refractivity contribution < 1.29 is 42.1 Å². The van der Waals surface area contributed by atoms with Gasteiger partial charge in [-0.15, -0.1) is 0 Å². The number of carbonyl (C=O) groups excluding carboxylic acids is 2. The van der Waals surface area contributed by atoms with E-state index < -0.39 is 26.5 Å². The lowest BCUT2D eigenvalue weighted by Crippen LogP contribution is -2.37. The Hall–Kier alpha value is -1.77. The van der Waals surface area contributed by atoms with E-state index in [9.17, 15) is 19.0 Å². The number of quaternary nitrogens is 1. The third-order valence-electron chi connectivity index (χ3n) is 15.6. The zero-order chi connectivity index (χ0) is 58.4. The van der Waals surface area contributed by atoms with Gasteiger partial charge in [-0.25, -0.2) is 0 Å². The predicted molar refractivity (Wildman–Crippen MR) is 342 cm³/mol. The van der Waals surface area contributed by atoms with E-state index in [2.05, 4.69) is 50.3 Å². The highest BCUT2D eigenvalue weighted by Gasteiger charge is 2.22. The number of allylic oxidation sites excluding steroid dienone is 6. The first-order valence-electron chi connectivity index (χ1n) is 34.7. The summed E-state index contributed by atoms with van der Waals surface area (Å²) in [4.78, 5) is 38.0. The zero-order valence-electron chi connectivity index (χ0n) is 53.8. The van der Waals surface area contributed by atoms with Crippen LogP contribution in [-0.4, -0.2) is 70.0 Å². The van der Waals surface area contributed by atoms with Crippen molar-refractivity contribution in [1.29, 1.82) is 0 Å². The maximum Gasteiger partial charge on any atom is 0.306 e. The maximum absolute atomic E-state index is 12.9. The molecule has 0 N–H and O–H groups in total. The predicted octanol–water partition coefficient (Wildman–Crippen LogP) is 21.6. The Balaban J connectivity index is 4.02. The van der Waals surface area contributed by atoms with E-state index in [1.54, 1.807) is 0 Å². The molecule has 0 aromatic rings. The molecule has 0 saturated carbocycles. The van der Waals surface area contributed by atoms with Gasteiger partial charge in [-0.1, -0.05) is 301 Å². The van der Waals surface area contributed by atoms with Crippen molar-refractivity contribution in [3.05, 3.63) is 36.5 Å². The van der Waals surface area contributed by atoms with Gasteiger partial charge < -0.3 is 27.9 Å². The quantitative estimate of drug-likeness (QED) is 0.0195. The third-order valence-corrected chi connectivity index (χ3v) is 16.6. The van der Waals surface area contributed by atoms with E-state index in [0.717, 1.165) is 38.5 Å². The van der Waals surface area contributed by atoms with Crippen LogP contribution in [0.2, 0.25) is 0 Å². The van der Waals surface area contributed by atoms with Crippen molar-refractivity contribution in [2.45, 2.75) is 354 Å². The Morgan fingerprint density at radius 2 is 0.675 bits per heavy atom. The molecule has 2 atom stereocenters. The fourth-order valence-electron chi connectivity index (χ4n) is 10.3. The highest BCUT2D eigenvalue weighted by atomic mass is 31.2. The number of phosphoric acid groups is 1. The molecule has 0 saturated heterocycles. The highest BCUT2D eigenvalue weighted by molar-refractivity contribution is 7.45. The molecule has 0 rings (SSSR count). The van der Waals surface area contributed by atoms with Gasteiger partial charge in [0.1, 0.15) is 19.8 Å². The van der Waals surface area contributed by atoms with Crippen LogP contribution in [-0.2, 0) is 32.7 Å². The molecule has 472 valence electrons. The lowest BCUT2D eigenvalue weighted by atomic mass is 10.0. The van der Waals surface area contributed by atoms with Crippen LogP contribution in [0.1, 0.15) is 348 Å². The summed E-state index contributed by atoms with van der Waals surface area (Å²) in [5, 5.41) is 0. The average molecular weight is 1150 g/mol. The molecule has 0 bridgehead atoms. The van der Waals surface area contributed by atoms with Crippen LogP contribution >= 0.6 is 7.82 Å². The van der Waals surface area contributed by atoms with E-state index in [1.807, 2.05) is 21.1 Å². The molecular weight excluding hydrogens is 1010 g/mol. The third kappa shape index (κ3) is 65.4. The summed E-state index contributed by atoms with van der Waals surface area (Å²) >= 11 is 0. The molecule has 0 radical (unpaired) electrons. The maximum atomic E-state index is 12.9. The van der Waals surface area contributed by atoms with Gasteiger partial charge in [-0.2, -0.15) is 0 Å². The van der Waals surface area contributed by atoms with Crippen molar-refractivity contribution in [2.75, 3.05) is 47.5 Å². The smallest absolute Gasteiger partial charge is 0.306 e. The van der Waals surface area contributed by atoms with Gasteiger partial charge in [0.05, 0.1) is 27.7 Å². The second-order valence-electron chi connectivity index (χ2n) is 24.9. The van der Waals surface area contributed by atoms with Gasteiger partial charge in [0.15, 0.2) is 6.10 Å². The fraction of sp³-hybridized carbons (Fsp3) is 0.886. The molecule has 0 fully saturated rings. The first-order chi connectivity index (χ1) is 39.0. The molecule has 0 aromatic carbocycles. The number of carbonyl (C=O) groups is 2. The molecule has 80 heavy (non-hydrogen) atoms. The van der Waals surface area contributed by atoms with E-state index in [4.69, 9.17) is 18.5 Å². The minimum Gasteiger partial charge on any atom is -0.756 e. The van der Waals surface area contributed by atoms with E-state index in [1.165, 1.54) is 276 Å². The van der Waals surface area contributed by atoms with Gasteiger partial charge in [0.25, 0.3) is 7.82 Å². The minimum atomic E-state index is -4.64. The number of phosphoric ester groups is 1. The Kier molecular flexibility index (Phi) is 60.4. The molecule has 2 unspecified atom stereocenters. The second kappa shape index (κ2) is 61.8. The molecule has 9 nitrogen and oxygen atoms in total. The van der Waals surface area contributed by atoms with Crippen molar-refractivity contribution in [3.63, 3.8) is 0 Å². The lowest BCUT2D eigenvalue weighted by Gasteiger charge is -2.28. The molecule has 0 amide bonds. The van der Waals surface area contributed by atoms with Crippen molar-refractivity contribution >= 4 is 19.8 Å². The molecule has 0 aliphatic rings. The molecular formula is C70H134NO8P. The summed E-state index contributed by atoms with van der Waals surface area (Å²) in [6.45, 7) is 4.29. The van der Waals surface area contributed by atoms with E-state index in [-0.39, 0.29) is 32.0 Å². The van der Waals surface area contributed by atoms with Gasteiger partial charge in [-0.05, 0) is 70.6 Å². The largest absolute Gasteiger partial charge is 0.756 e. The summed E-state index contributed by atoms with van der Waals surface area (Å²) in [6.07, 6.45) is 77.9. The van der Waals surface area contributed by atoms with Crippen LogP contribution in [0.15, 0.2) is 36.5 Å². The lowest BCUT2D eigenvalue weighted by molar-refractivity contribution is -0.870. The molecule has 0 spiro atoms. The number of rotatable bonds is 65. The van der Waals surface area contributed by atoms with Crippen LogP contribution in [0.25, 0.3) is 0 Å². The summed E-state index contributed by atoms with van der Waals surface area (Å²) in [5.41, 5.74) is 0. The molecule has 0 aromatic heterocycles. The molecule has 0 aliphatic carbocycles. The van der Waals surface area contributed by atoms with Crippen molar-refractivity contribution in [1.82, 2.24) is 0 Å². The number of nitrogens with zero attached hydrogens (tertiary/aromatic N) is 1. The topological polar surface area (TPSA) is 111 Å². The van der Waals surface area contributed by atoms with Crippen LogP contribution in [0.3, 0.4) is 0 Å². The number of esters is 2. The fourth-order valence-corrected chi connectivity index (χ4v) is 11.0. The van der Waals surface area contributed by atoms with Crippen LogP contribution in [0, 0.1) is 0 Å². The minimum absolute atomic E-state index is 0.0283. The zero-order valence-corrected chi connectivity index (χ0v) is 54.7. The number of hydrogen-bond acceptors (Lipinski definition) is 8. The number of ether oxygens (including phenoxy) is 2. The van der Waals surface area contributed by atoms with Crippen LogP contribution in [0.4, 0.5) is 0 Å². The molecule has 10 heteroatoms. The number of likely N-dealkylation sites (N-methyl/N-ethyl adjacent to an activating group) is 1. The average Bonchev–Trinajstić information content (AvgIpc) is 3.42. The first kappa shape index (κ1) is 78.2. The summed E-state index contributed by atoms with van der Waals surface area (Å²) in [5.74, 6) is -0.814. The van der Waals surface area contributed by atoms with Gasteiger partial charge >= 0.3 is 11.9 Å². The summed E-state index contributed by atoms with van der Waals surface area (Å²) in [7, 11) is 1.18. The highest BCUT2D eigenvalue weighted by Crippen LogP contribution is 2.38. The summed E-state index contributed by atoms with van der Waals surface area (Å²) in [6, 6.07) is 0. The van der Waals surface area contributed by atoms with Crippen LogP contribution in [0.5, 0.6) is 0 Å². The van der Waals surface area contributed by atoms with Gasteiger partial charge in [0.2, 0.25) is 0 Å². The Morgan fingerprint density at radius 3 is 1.00 bits per heavy atom. The van der Waals surface area contributed by atoms with E-state index >= 15 is 0 Å². The molecule has 0 heterocycles. The standard InChI is InChI=1S/C70H134NO8P/c1-6-8-10-12-14-16-18-20-22-24-26-28-30-32-34-35-37-39-41-43-45-47-49-51-53-55-57-59-61-63-70(73)79-68(67-78-80(74,75)77-65-64-71(3,4)5)66-76-69(72)62-60-58-56-54-52-50-48-46-44-42-40-38-36-33-31-29-27-25-23-21-19-17-15-13-11-9-7-2/h18,20,24-27,68H,6-17,19,21-23,28-67H2,1-5H3/b20-18-,26-24-,27-25-. The van der Waals surface area contributed by atoms with Gasteiger partial charge in [-0.3, -0.25) is 14.2 Å². The normalized spacial score (nSPS) is 13.3. The van der Waals surface area contributed by atoms with Gasteiger partial charge in [0, 0.05) is 12.8 Å². The Labute approximate surface area is 497 Å². The first-order valence-corrected chi connectivity index (χ1v) is 36.2. The van der Waals surface area contributed by atoms with Crippen molar-refractivity contribution in [2.24, 2.45) is 0 Å². The second-order valence-corrected chi connectivity index (χ2v) is 26.3. The number of unbranched alkanes of at least 4 members (excludes halogenated alkanes) is 45. The Morgan fingerprint density at radius 1 is 0.388 bits per heavy atom. The molecule has 0 aliphatic heterocycles. The Bertz CT molecular complexity index is 1440. The van der Waals surface area contributed by atoms with Crippen LogP contribution < -0.4 is 4.89 Å². The number of hydrogen-bond donors (Lipinski definition) is 0. The monoisotopic (exact) mass is 1150 g/mol. The SMILES string of the molecule is CCCCCCC/C=C\C/C=C\CCCCCCCCCCCCCCCCCCCC(=O)OC(COC(=O)CCCCCCCCCCCCCCCCC/C=C\CCCCCCCCCC)COP(=O)([O-])OCC[N+](C)(C)C. The summed E-state index contributed by atoms with van der Waals surface area (Å²) < 4.78 is 34.3.